The summed E-state index contributed by atoms with van der Waals surface area (Å²) in [6, 6.07) is 37.1. The molecule has 6 rings (SSSR count). The Hall–Kier alpha value is -4.13. The van der Waals surface area contributed by atoms with E-state index in [-0.39, 0.29) is 18.3 Å². The highest BCUT2D eigenvalue weighted by molar-refractivity contribution is 6.62. The van der Waals surface area contributed by atoms with Crippen molar-refractivity contribution in [1.29, 1.82) is 0 Å². The lowest BCUT2D eigenvalue weighted by atomic mass is 9.78. The molecule has 1 fully saturated rings. The molecule has 1 saturated heterocycles. The van der Waals surface area contributed by atoms with Gasteiger partial charge in [-0.05, 0) is 49.8 Å². The minimum atomic E-state index is -0.369. The van der Waals surface area contributed by atoms with Crippen LogP contribution in [0.15, 0.2) is 109 Å². The summed E-state index contributed by atoms with van der Waals surface area (Å²) in [6.07, 6.45) is 0.599. The molecule has 1 aromatic heterocycles. The van der Waals surface area contributed by atoms with E-state index < -0.39 is 0 Å². The minimum absolute atomic E-state index is 0.361. The summed E-state index contributed by atoms with van der Waals surface area (Å²) in [4.78, 5) is 14.5. The van der Waals surface area contributed by atoms with Gasteiger partial charge in [-0.2, -0.15) is 0 Å². The zero-order chi connectivity index (χ0) is 27.7. The largest absolute Gasteiger partial charge is 0.494 e. The van der Waals surface area contributed by atoms with Crippen LogP contribution in [0.2, 0.25) is 0 Å². The molecule has 4 aromatic carbocycles. The third-order valence-corrected chi connectivity index (χ3v) is 7.80. The molecule has 1 aliphatic rings. The lowest BCUT2D eigenvalue weighted by Crippen LogP contribution is -2.41. The number of nitrogens with zero attached hydrogens (tertiary/aromatic N) is 3. The van der Waals surface area contributed by atoms with Gasteiger partial charge in [0.2, 0.25) is 0 Å². The molecule has 198 valence electrons. The van der Waals surface area contributed by atoms with Crippen molar-refractivity contribution in [2.45, 2.75) is 45.3 Å². The van der Waals surface area contributed by atoms with Crippen molar-refractivity contribution in [3.8, 4) is 33.9 Å². The number of benzene rings is 4. The fraction of sp³-hybridized carbons (Fsp3) is 0.206. The Labute approximate surface area is 236 Å². The van der Waals surface area contributed by atoms with Crippen LogP contribution < -0.4 is 5.46 Å². The van der Waals surface area contributed by atoms with E-state index >= 15 is 0 Å². The molecule has 0 saturated carbocycles. The van der Waals surface area contributed by atoms with Crippen LogP contribution in [0, 0.1) is 0 Å². The van der Waals surface area contributed by atoms with Gasteiger partial charge in [0.25, 0.3) is 0 Å². The summed E-state index contributed by atoms with van der Waals surface area (Å²) in [5.41, 5.74) is 5.65. The molecule has 0 bridgehead atoms. The van der Waals surface area contributed by atoms with Crippen LogP contribution in [0.3, 0.4) is 0 Å². The molecule has 0 unspecified atom stereocenters. The molecular formula is C34H32BN3O2. The van der Waals surface area contributed by atoms with E-state index in [1.807, 2.05) is 60.7 Å². The molecule has 5 aromatic rings. The second kappa shape index (κ2) is 10.5. The lowest BCUT2D eigenvalue weighted by molar-refractivity contribution is 0.00578. The molecule has 0 radical (unpaired) electrons. The first-order valence-electron chi connectivity index (χ1n) is 13.7. The van der Waals surface area contributed by atoms with Crippen molar-refractivity contribution in [1.82, 2.24) is 15.0 Å². The van der Waals surface area contributed by atoms with Gasteiger partial charge in [-0.1, -0.05) is 109 Å². The van der Waals surface area contributed by atoms with Crippen molar-refractivity contribution >= 4 is 12.6 Å². The second-order valence-corrected chi connectivity index (χ2v) is 11.2. The van der Waals surface area contributed by atoms with E-state index in [0.29, 0.717) is 18.1 Å². The molecule has 6 heteroatoms. The average molecular weight is 525 g/mol. The van der Waals surface area contributed by atoms with Crippen molar-refractivity contribution in [3.05, 3.63) is 121 Å². The summed E-state index contributed by atoms with van der Waals surface area (Å²) in [5.74, 6) is 2.10. The Morgan fingerprint density at radius 1 is 0.550 bits per heavy atom. The molecule has 0 aliphatic carbocycles. The van der Waals surface area contributed by atoms with Gasteiger partial charge in [0.1, 0.15) is 5.82 Å². The van der Waals surface area contributed by atoms with Gasteiger partial charge in [0, 0.05) is 17.5 Å². The first kappa shape index (κ1) is 26.1. The predicted octanol–water partition coefficient (Wildman–Crippen LogP) is 6.76. The third-order valence-electron chi connectivity index (χ3n) is 7.80. The van der Waals surface area contributed by atoms with Gasteiger partial charge >= 0.3 is 7.12 Å². The predicted molar refractivity (Wildman–Crippen MR) is 161 cm³/mol. The van der Waals surface area contributed by atoms with E-state index in [0.717, 1.165) is 39.1 Å². The van der Waals surface area contributed by atoms with Gasteiger partial charge in [0.05, 0.1) is 11.2 Å². The Morgan fingerprint density at radius 3 is 1.62 bits per heavy atom. The van der Waals surface area contributed by atoms with Crippen LogP contribution in [0.1, 0.15) is 39.1 Å². The maximum Gasteiger partial charge on any atom is 0.494 e. The average Bonchev–Trinajstić information content (AvgIpc) is 3.20. The zero-order valence-electron chi connectivity index (χ0n) is 23.3. The standard InChI is InChI=1S/C34H32BN3O2/c1-33(2)34(3,4)40-35(39-33)29-20-18-25(19-21-29)28-17-11-12-24(22-28)23-30-36-31(26-13-7-5-8-14-26)38-32(37-30)27-15-9-6-10-16-27/h5-22H,23H2,1-4H3. The van der Waals surface area contributed by atoms with Crippen molar-refractivity contribution in [3.63, 3.8) is 0 Å². The summed E-state index contributed by atoms with van der Waals surface area (Å²) in [7, 11) is -0.369. The first-order chi connectivity index (χ1) is 19.3. The maximum atomic E-state index is 6.22. The van der Waals surface area contributed by atoms with Crippen LogP contribution in [-0.4, -0.2) is 33.3 Å². The summed E-state index contributed by atoms with van der Waals surface area (Å²) >= 11 is 0. The van der Waals surface area contributed by atoms with E-state index in [2.05, 4.69) is 76.2 Å². The molecule has 0 atom stereocenters. The van der Waals surface area contributed by atoms with Gasteiger partial charge < -0.3 is 9.31 Å². The minimum Gasteiger partial charge on any atom is -0.399 e. The molecule has 1 aliphatic heterocycles. The highest BCUT2D eigenvalue weighted by Gasteiger charge is 2.51. The SMILES string of the molecule is CC1(C)OB(c2ccc(-c3cccc(Cc4nc(-c5ccccc5)nc(-c5ccccc5)n4)c3)cc2)OC1(C)C. The Bertz CT molecular complexity index is 1550. The molecule has 5 nitrogen and oxygen atoms in total. The maximum absolute atomic E-state index is 6.22. The lowest BCUT2D eigenvalue weighted by Gasteiger charge is -2.32. The smallest absolute Gasteiger partial charge is 0.399 e. The fourth-order valence-electron chi connectivity index (χ4n) is 4.79. The van der Waals surface area contributed by atoms with Crippen LogP contribution in [-0.2, 0) is 15.7 Å². The third kappa shape index (κ3) is 5.33. The topological polar surface area (TPSA) is 57.1 Å². The van der Waals surface area contributed by atoms with E-state index in [9.17, 15) is 0 Å². The first-order valence-corrected chi connectivity index (χ1v) is 13.7. The molecule has 0 N–H and O–H groups in total. The van der Waals surface area contributed by atoms with E-state index in [1.54, 1.807) is 0 Å². The Morgan fingerprint density at radius 2 is 1.07 bits per heavy atom. The Kier molecular flexibility index (Phi) is 6.82. The summed E-state index contributed by atoms with van der Waals surface area (Å²) < 4.78 is 12.4. The highest BCUT2D eigenvalue weighted by Crippen LogP contribution is 2.36. The zero-order valence-corrected chi connectivity index (χ0v) is 23.3. The van der Waals surface area contributed by atoms with Crippen molar-refractivity contribution in [2.75, 3.05) is 0 Å². The summed E-state index contributed by atoms with van der Waals surface area (Å²) in [6.45, 7) is 8.30. The molecule has 0 spiro atoms. The quantitative estimate of drug-likeness (QED) is 0.229. The monoisotopic (exact) mass is 525 g/mol. The molecular weight excluding hydrogens is 493 g/mol. The van der Waals surface area contributed by atoms with E-state index in [4.69, 9.17) is 24.3 Å². The molecule has 2 heterocycles. The fourth-order valence-corrected chi connectivity index (χ4v) is 4.79. The molecule has 0 amide bonds. The van der Waals surface area contributed by atoms with Gasteiger partial charge in [0.15, 0.2) is 11.6 Å². The molecule has 40 heavy (non-hydrogen) atoms. The van der Waals surface area contributed by atoms with Gasteiger partial charge in [-0.15, -0.1) is 0 Å². The van der Waals surface area contributed by atoms with Gasteiger partial charge in [-0.3, -0.25) is 0 Å². The highest BCUT2D eigenvalue weighted by atomic mass is 16.7. The van der Waals surface area contributed by atoms with Crippen LogP contribution in [0.5, 0.6) is 0 Å². The normalized spacial score (nSPS) is 15.8. The van der Waals surface area contributed by atoms with E-state index in [1.165, 1.54) is 0 Å². The van der Waals surface area contributed by atoms with Gasteiger partial charge in [-0.25, -0.2) is 15.0 Å². The number of rotatable bonds is 6. The number of hydrogen-bond acceptors (Lipinski definition) is 5. The Balaban J connectivity index is 1.27. The van der Waals surface area contributed by atoms with Crippen LogP contribution in [0.4, 0.5) is 0 Å². The summed E-state index contributed by atoms with van der Waals surface area (Å²) in [5, 5.41) is 0. The van der Waals surface area contributed by atoms with Crippen molar-refractivity contribution in [2.24, 2.45) is 0 Å². The number of hydrogen-bond donors (Lipinski definition) is 0. The van der Waals surface area contributed by atoms with Crippen molar-refractivity contribution < 1.29 is 9.31 Å². The van der Waals surface area contributed by atoms with Crippen LogP contribution >= 0.6 is 0 Å². The second-order valence-electron chi connectivity index (χ2n) is 11.2. The van der Waals surface area contributed by atoms with Crippen LogP contribution in [0.25, 0.3) is 33.9 Å². The number of aromatic nitrogens is 3.